The van der Waals surface area contributed by atoms with E-state index in [0.717, 1.165) is 18.8 Å². The molecule has 0 amide bonds. The van der Waals surface area contributed by atoms with Gasteiger partial charge in [-0.15, -0.1) is 0 Å². The first-order valence-corrected chi connectivity index (χ1v) is 5.92. The van der Waals surface area contributed by atoms with Crippen LogP contribution in [0.2, 0.25) is 0 Å². The third-order valence-electron chi connectivity index (χ3n) is 3.86. The van der Waals surface area contributed by atoms with Crippen LogP contribution in [0.3, 0.4) is 0 Å². The van der Waals surface area contributed by atoms with Gasteiger partial charge in [0, 0.05) is 12.3 Å². The molecule has 2 fully saturated rings. The van der Waals surface area contributed by atoms with Crippen LogP contribution in [-0.4, -0.2) is 5.78 Å². The highest BCUT2D eigenvalue weighted by molar-refractivity contribution is 5.84. The first kappa shape index (κ1) is 9.14. The van der Waals surface area contributed by atoms with Crippen molar-refractivity contribution < 1.29 is 4.79 Å². The number of carbonyl (C=O) groups is 1. The molecule has 15 heavy (non-hydrogen) atoms. The van der Waals surface area contributed by atoms with Crippen molar-refractivity contribution in [2.45, 2.75) is 31.6 Å². The van der Waals surface area contributed by atoms with Crippen LogP contribution in [0.25, 0.3) is 0 Å². The van der Waals surface area contributed by atoms with Gasteiger partial charge in [-0.2, -0.15) is 0 Å². The average Bonchev–Trinajstić information content (AvgIpc) is 3.04. The molecule has 1 aromatic rings. The number of carbonyl (C=O) groups excluding carboxylic acids is 1. The van der Waals surface area contributed by atoms with Gasteiger partial charge in [-0.1, -0.05) is 30.3 Å². The van der Waals surface area contributed by atoms with Crippen LogP contribution in [0, 0.1) is 11.8 Å². The molecule has 1 nitrogen and oxygen atoms in total. The van der Waals surface area contributed by atoms with Gasteiger partial charge in [0.1, 0.15) is 5.78 Å². The average molecular weight is 200 g/mol. The minimum Gasteiger partial charge on any atom is -0.299 e. The number of hydrogen-bond acceptors (Lipinski definition) is 1. The normalized spacial score (nSPS) is 30.8. The van der Waals surface area contributed by atoms with Gasteiger partial charge in [-0.05, 0) is 36.7 Å². The third-order valence-corrected chi connectivity index (χ3v) is 3.86. The Balaban J connectivity index is 1.77. The molecule has 0 N–H and O–H groups in total. The molecule has 0 bridgehead atoms. The summed E-state index contributed by atoms with van der Waals surface area (Å²) < 4.78 is 0. The number of ketones is 1. The highest BCUT2D eigenvalue weighted by atomic mass is 16.1. The number of hydrogen-bond donors (Lipinski definition) is 0. The first-order chi connectivity index (χ1) is 7.34. The first-order valence-electron chi connectivity index (χ1n) is 5.92. The molecule has 2 unspecified atom stereocenters. The van der Waals surface area contributed by atoms with E-state index in [0.29, 0.717) is 17.6 Å². The third kappa shape index (κ3) is 1.71. The summed E-state index contributed by atoms with van der Waals surface area (Å²) in [6.07, 6.45) is 4.47. The lowest BCUT2D eigenvalue weighted by atomic mass is 9.95. The summed E-state index contributed by atoms with van der Waals surface area (Å²) in [4.78, 5) is 11.8. The summed E-state index contributed by atoms with van der Waals surface area (Å²) in [5.41, 5.74) is 1.36. The fraction of sp³-hybridized carbons (Fsp3) is 0.500. The topological polar surface area (TPSA) is 17.1 Å². The maximum atomic E-state index is 11.8. The molecule has 2 atom stereocenters. The highest BCUT2D eigenvalue weighted by Crippen LogP contribution is 2.47. The van der Waals surface area contributed by atoms with E-state index in [1.54, 1.807) is 0 Å². The molecule has 0 aliphatic heterocycles. The molecule has 0 spiro atoms. The molecule has 2 aliphatic carbocycles. The van der Waals surface area contributed by atoms with Gasteiger partial charge in [-0.25, -0.2) is 0 Å². The Hall–Kier alpha value is -1.11. The molecular weight excluding hydrogens is 184 g/mol. The fourth-order valence-electron chi connectivity index (χ4n) is 2.85. The Bertz CT molecular complexity index is 364. The van der Waals surface area contributed by atoms with Crippen LogP contribution in [0.5, 0.6) is 0 Å². The fourth-order valence-corrected chi connectivity index (χ4v) is 2.85. The lowest BCUT2D eigenvalue weighted by Gasteiger charge is -2.09. The second-order valence-corrected chi connectivity index (χ2v) is 4.96. The van der Waals surface area contributed by atoms with Crippen molar-refractivity contribution in [3.05, 3.63) is 35.9 Å². The van der Waals surface area contributed by atoms with Gasteiger partial charge in [0.15, 0.2) is 0 Å². The molecule has 1 heteroatoms. The van der Waals surface area contributed by atoms with Crippen molar-refractivity contribution in [2.75, 3.05) is 0 Å². The second kappa shape index (κ2) is 3.48. The quantitative estimate of drug-likeness (QED) is 0.716. The minimum absolute atomic E-state index is 0.398. The Labute approximate surface area is 90.5 Å². The standard InChI is InChI=1S/C14H16O/c15-14-9-12(8-13(14)11-6-7-11)10-4-2-1-3-5-10/h1-5,11-13H,6-9H2. The highest BCUT2D eigenvalue weighted by Gasteiger charge is 2.42. The molecule has 2 aliphatic rings. The second-order valence-electron chi connectivity index (χ2n) is 4.96. The molecule has 0 aromatic heterocycles. The van der Waals surface area contributed by atoms with E-state index in [-0.39, 0.29) is 0 Å². The number of benzene rings is 1. The Morgan fingerprint density at radius 1 is 1.07 bits per heavy atom. The molecule has 0 saturated heterocycles. The van der Waals surface area contributed by atoms with Gasteiger partial charge in [-0.3, -0.25) is 4.79 Å². The van der Waals surface area contributed by atoms with E-state index in [9.17, 15) is 4.79 Å². The summed E-state index contributed by atoms with van der Waals surface area (Å²) in [6.45, 7) is 0. The monoisotopic (exact) mass is 200 g/mol. The Kier molecular flexibility index (Phi) is 2.12. The Morgan fingerprint density at radius 3 is 2.47 bits per heavy atom. The van der Waals surface area contributed by atoms with Crippen LogP contribution < -0.4 is 0 Å². The van der Waals surface area contributed by atoms with E-state index in [1.165, 1.54) is 18.4 Å². The van der Waals surface area contributed by atoms with Crippen LogP contribution in [0.1, 0.15) is 37.2 Å². The summed E-state index contributed by atoms with van der Waals surface area (Å²) in [5.74, 6) is 2.16. The van der Waals surface area contributed by atoms with Crippen LogP contribution in [0.15, 0.2) is 30.3 Å². The van der Waals surface area contributed by atoms with E-state index in [1.807, 2.05) is 6.07 Å². The zero-order valence-electron chi connectivity index (χ0n) is 8.86. The van der Waals surface area contributed by atoms with Gasteiger partial charge in [0.2, 0.25) is 0 Å². The number of rotatable bonds is 2. The van der Waals surface area contributed by atoms with Crippen molar-refractivity contribution in [3.63, 3.8) is 0 Å². The summed E-state index contributed by atoms with van der Waals surface area (Å²) >= 11 is 0. The van der Waals surface area contributed by atoms with Crippen LogP contribution in [0.4, 0.5) is 0 Å². The van der Waals surface area contributed by atoms with Gasteiger partial charge in [0.25, 0.3) is 0 Å². The molecule has 0 radical (unpaired) electrons. The molecule has 78 valence electrons. The SMILES string of the molecule is O=C1CC(c2ccccc2)CC1C1CC1. The van der Waals surface area contributed by atoms with Gasteiger partial charge >= 0.3 is 0 Å². The largest absolute Gasteiger partial charge is 0.299 e. The van der Waals surface area contributed by atoms with Crippen molar-refractivity contribution in [1.82, 2.24) is 0 Å². The van der Waals surface area contributed by atoms with Crippen molar-refractivity contribution in [3.8, 4) is 0 Å². The van der Waals surface area contributed by atoms with Crippen LogP contribution >= 0.6 is 0 Å². The molecule has 1 aromatic carbocycles. The van der Waals surface area contributed by atoms with Gasteiger partial charge in [0.05, 0.1) is 0 Å². The maximum Gasteiger partial charge on any atom is 0.136 e. The van der Waals surface area contributed by atoms with E-state index in [2.05, 4.69) is 24.3 Å². The summed E-state index contributed by atoms with van der Waals surface area (Å²) in [5, 5.41) is 0. The smallest absolute Gasteiger partial charge is 0.136 e. The number of Topliss-reactive ketones (excluding diaryl/α,β-unsaturated/α-hetero) is 1. The predicted molar refractivity (Wildman–Crippen MR) is 59.6 cm³/mol. The van der Waals surface area contributed by atoms with Crippen molar-refractivity contribution in [2.24, 2.45) is 11.8 Å². The molecule has 0 heterocycles. The predicted octanol–water partition coefficient (Wildman–Crippen LogP) is 3.16. The maximum absolute atomic E-state index is 11.8. The molecule has 3 rings (SSSR count). The van der Waals surface area contributed by atoms with E-state index >= 15 is 0 Å². The van der Waals surface area contributed by atoms with Crippen LogP contribution in [-0.2, 0) is 4.79 Å². The minimum atomic E-state index is 0.398. The summed E-state index contributed by atoms with van der Waals surface area (Å²) in [6, 6.07) is 10.5. The van der Waals surface area contributed by atoms with E-state index in [4.69, 9.17) is 0 Å². The zero-order valence-corrected chi connectivity index (χ0v) is 8.86. The lowest BCUT2D eigenvalue weighted by Crippen LogP contribution is -2.07. The van der Waals surface area contributed by atoms with Crippen molar-refractivity contribution in [1.29, 1.82) is 0 Å². The van der Waals surface area contributed by atoms with Crippen molar-refractivity contribution >= 4 is 5.78 Å². The lowest BCUT2D eigenvalue weighted by molar-refractivity contribution is -0.121. The van der Waals surface area contributed by atoms with E-state index < -0.39 is 0 Å². The Morgan fingerprint density at radius 2 is 1.80 bits per heavy atom. The molecule has 2 saturated carbocycles. The summed E-state index contributed by atoms with van der Waals surface area (Å²) in [7, 11) is 0. The zero-order chi connectivity index (χ0) is 10.3. The molecular formula is C14H16O. The van der Waals surface area contributed by atoms with Gasteiger partial charge < -0.3 is 0 Å².